The molecule has 1 aromatic heterocycles. The lowest BCUT2D eigenvalue weighted by Gasteiger charge is -2.17. The number of anilines is 1. The first-order chi connectivity index (χ1) is 9.78. The molecule has 0 amide bonds. The van der Waals surface area contributed by atoms with Gasteiger partial charge in [-0.05, 0) is 43.9 Å². The Balaban J connectivity index is 1.78. The molecule has 1 aliphatic carbocycles. The normalized spacial score (nSPS) is 14.7. The zero-order valence-electron chi connectivity index (χ0n) is 11.9. The molecular formula is C16H19N3O. The van der Waals surface area contributed by atoms with Crippen LogP contribution in [0.2, 0.25) is 0 Å². The maximum Gasteiger partial charge on any atom is 0.133 e. The Morgan fingerprint density at radius 3 is 2.70 bits per heavy atom. The average Bonchev–Trinajstić information content (AvgIpc) is 2.97. The number of hydrogen-bond acceptors (Lipinski definition) is 4. The van der Waals surface area contributed by atoms with Crippen LogP contribution in [0.1, 0.15) is 36.2 Å². The van der Waals surface area contributed by atoms with Crippen LogP contribution in [-0.2, 0) is 12.8 Å². The van der Waals surface area contributed by atoms with E-state index in [1.54, 1.807) is 13.4 Å². The molecule has 1 aliphatic rings. The quantitative estimate of drug-likeness (QED) is 0.926. The lowest BCUT2D eigenvalue weighted by atomic mass is 10.1. The Morgan fingerprint density at radius 1 is 1.15 bits per heavy atom. The van der Waals surface area contributed by atoms with Gasteiger partial charge in [0.15, 0.2) is 0 Å². The second-order valence-electron chi connectivity index (χ2n) is 5.14. The van der Waals surface area contributed by atoms with E-state index in [4.69, 9.17) is 4.74 Å². The van der Waals surface area contributed by atoms with E-state index in [9.17, 15) is 0 Å². The van der Waals surface area contributed by atoms with Crippen LogP contribution in [0.4, 0.5) is 5.82 Å². The maximum atomic E-state index is 5.19. The summed E-state index contributed by atoms with van der Waals surface area (Å²) in [5.74, 6) is 1.86. The fourth-order valence-corrected chi connectivity index (χ4v) is 2.66. The minimum atomic E-state index is 0.209. The largest absolute Gasteiger partial charge is 0.497 e. The van der Waals surface area contributed by atoms with Crippen LogP contribution in [0.3, 0.4) is 0 Å². The lowest BCUT2D eigenvalue weighted by Crippen LogP contribution is -2.10. The maximum absolute atomic E-state index is 5.19. The van der Waals surface area contributed by atoms with E-state index in [2.05, 4.69) is 34.3 Å². The van der Waals surface area contributed by atoms with Crippen molar-refractivity contribution in [3.63, 3.8) is 0 Å². The summed E-state index contributed by atoms with van der Waals surface area (Å²) in [5.41, 5.74) is 3.70. The number of aromatic nitrogens is 2. The molecule has 0 spiro atoms. The fourth-order valence-electron chi connectivity index (χ4n) is 2.66. The van der Waals surface area contributed by atoms with E-state index in [0.717, 1.165) is 24.4 Å². The fraction of sp³-hybridized carbons (Fsp3) is 0.375. The molecule has 1 heterocycles. The van der Waals surface area contributed by atoms with Crippen molar-refractivity contribution in [2.75, 3.05) is 12.4 Å². The van der Waals surface area contributed by atoms with Crippen molar-refractivity contribution in [2.45, 2.75) is 32.2 Å². The second kappa shape index (κ2) is 5.49. The van der Waals surface area contributed by atoms with Crippen molar-refractivity contribution in [1.82, 2.24) is 9.97 Å². The molecule has 20 heavy (non-hydrogen) atoms. The zero-order valence-corrected chi connectivity index (χ0v) is 11.9. The van der Waals surface area contributed by atoms with Crippen molar-refractivity contribution >= 4 is 5.82 Å². The van der Waals surface area contributed by atoms with Gasteiger partial charge in [-0.15, -0.1) is 0 Å². The third kappa shape index (κ3) is 2.46. The van der Waals surface area contributed by atoms with Gasteiger partial charge in [0, 0.05) is 17.3 Å². The second-order valence-corrected chi connectivity index (χ2v) is 5.14. The number of ether oxygens (including phenoxy) is 1. The standard InChI is InChI=1S/C16H19N3O/c1-11(12-6-8-13(20-2)9-7-12)19-16-14-4-3-5-15(14)17-10-18-16/h6-11H,3-5H2,1-2H3,(H,17,18,19). The monoisotopic (exact) mass is 269 g/mol. The molecule has 1 N–H and O–H groups in total. The number of nitrogens with one attached hydrogen (secondary N) is 1. The summed E-state index contributed by atoms with van der Waals surface area (Å²) in [6, 6.07) is 8.34. The third-order valence-electron chi connectivity index (χ3n) is 3.84. The van der Waals surface area contributed by atoms with E-state index >= 15 is 0 Å². The number of fused-ring (bicyclic) bond motifs is 1. The molecule has 104 valence electrons. The van der Waals surface area contributed by atoms with Crippen molar-refractivity contribution in [3.8, 4) is 5.75 Å². The van der Waals surface area contributed by atoms with E-state index in [1.165, 1.54) is 23.2 Å². The number of benzene rings is 1. The summed E-state index contributed by atoms with van der Waals surface area (Å²) in [5, 5.41) is 3.50. The van der Waals surface area contributed by atoms with Crippen LogP contribution in [0, 0.1) is 0 Å². The molecule has 3 rings (SSSR count). The van der Waals surface area contributed by atoms with Crippen molar-refractivity contribution in [3.05, 3.63) is 47.4 Å². The van der Waals surface area contributed by atoms with Gasteiger partial charge >= 0.3 is 0 Å². The Labute approximate surface area is 119 Å². The third-order valence-corrected chi connectivity index (χ3v) is 3.84. The van der Waals surface area contributed by atoms with Crippen LogP contribution in [0.15, 0.2) is 30.6 Å². The Kier molecular flexibility index (Phi) is 3.54. The van der Waals surface area contributed by atoms with Gasteiger partial charge in [0.1, 0.15) is 17.9 Å². The number of rotatable bonds is 4. The lowest BCUT2D eigenvalue weighted by molar-refractivity contribution is 0.414. The number of aryl methyl sites for hydroxylation is 1. The van der Waals surface area contributed by atoms with Crippen LogP contribution in [0.25, 0.3) is 0 Å². The first-order valence-electron chi connectivity index (χ1n) is 7.01. The number of nitrogens with zero attached hydrogens (tertiary/aromatic N) is 2. The molecule has 4 heteroatoms. The minimum absolute atomic E-state index is 0.209. The SMILES string of the molecule is COc1ccc(C(C)Nc2ncnc3c2CCC3)cc1. The highest BCUT2D eigenvalue weighted by Crippen LogP contribution is 2.28. The van der Waals surface area contributed by atoms with E-state index < -0.39 is 0 Å². The molecule has 1 atom stereocenters. The molecule has 1 aromatic carbocycles. The molecule has 4 nitrogen and oxygen atoms in total. The number of methoxy groups -OCH3 is 1. The molecule has 0 fully saturated rings. The van der Waals surface area contributed by atoms with Gasteiger partial charge in [-0.25, -0.2) is 9.97 Å². The molecule has 0 aliphatic heterocycles. The van der Waals surface area contributed by atoms with Gasteiger partial charge in [0.2, 0.25) is 0 Å². The summed E-state index contributed by atoms with van der Waals surface area (Å²) in [6.45, 7) is 2.14. The van der Waals surface area contributed by atoms with Crippen LogP contribution >= 0.6 is 0 Å². The van der Waals surface area contributed by atoms with Crippen LogP contribution < -0.4 is 10.1 Å². The summed E-state index contributed by atoms with van der Waals surface area (Å²) >= 11 is 0. The van der Waals surface area contributed by atoms with Crippen molar-refractivity contribution in [1.29, 1.82) is 0 Å². The minimum Gasteiger partial charge on any atom is -0.497 e. The van der Waals surface area contributed by atoms with E-state index in [1.807, 2.05) is 12.1 Å². The molecule has 0 saturated heterocycles. The van der Waals surface area contributed by atoms with E-state index in [0.29, 0.717) is 0 Å². The Hall–Kier alpha value is -2.10. The first kappa shape index (κ1) is 12.9. The molecule has 0 saturated carbocycles. The summed E-state index contributed by atoms with van der Waals surface area (Å²) < 4.78 is 5.19. The van der Waals surface area contributed by atoms with Crippen LogP contribution in [-0.4, -0.2) is 17.1 Å². The van der Waals surface area contributed by atoms with Gasteiger partial charge in [-0.2, -0.15) is 0 Å². The van der Waals surface area contributed by atoms with Gasteiger partial charge in [0.25, 0.3) is 0 Å². The highest BCUT2D eigenvalue weighted by Gasteiger charge is 2.18. The van der Waals surface area contributed by atoms with Crippen LogP contribution in [0.5, 0.6) is 5.75 Å². The predicted molar refractivity (Wildman–Crippen MR) is 79.1 cm³/mol. The molecule has 2 aromatic rings. The number of hydrogen-bond donors (Lipinski definition) is 1. The molecule has 0 radical (unpaired) electrons. The van der Waals surface area contributed by atoms with E-state index in [-0.39, 0.29) is 6.04 Å². The van der Waals surface area contributed by atoms with Gasteiger partial charge in [-0.1, -0.05) is 12.1 Å². The topological polar surface area (TPSA) is 47.0 Å². The smallest absolute Gasteiger partial charge is 0.133 e. The van der Waals surface area contributed by atoms with Crippen molar-refractivity contribution in [2.24, 2.45) is 0 Å². The molecule has 0 bridgehead atoms. The summed E-state index contributed by atoms with van der Waals surface area (Å²) in [4.78, 5) is 8.76. The predicted octanol–water partition coefficient (Wildman–Crippen LogP) is 3.15. The first-order valence-corrected chi connectivity index (χ1v) is 7.01. The Morgan fingerprint density at radius 2 is 1.95 bits per heavy atom. The highest BCUT2D eigenvalue weighted by atomic mass is 16.5. The Bertz CT molecular complexity index is 595. The summed E-state index contributed by atoms with van der Waals surface area (Å²) in [6.07, 6.45) is 4.99. The van der Waals surface area contributed by atoms with Gasteiger partial charge in [0.05, 0.1) is 7.11 Å². The molecule has 1 unspecified atom stereocenters. The zero-order chi connectivity index (χ0) is 13.9. The van der Waals surface area contributed by atoms with Gasteiger partial charge in [-0.3, -0.25) is 0 Å². The highest BCUT2D eigenvalue weighted by molar-refractivity contribution is 5.49. The van der Waals surface area contributed by atoms with Crippen molar-refractivity contribution < 1.29 is 4.74 Å². The summed E-state index contributed by atoms with van der Waals surface area (Å²) in [7, 11) is 1.68. The average molecular weight is 269 g/mol. The molecular weight excluding hydrogens is 250 g/mol. The van der Waals surface area contributed by atoms with Gasteiger partial charge < -0.3 is 10.1 Å².